The van der Waals surface area contributed by atoms with Gasteiger partial charge < -0.3 is 28.0 Å². The molecule has 0 aliphatic heterocycles. The van der Waals surface area contributed by atoms with Crippen LogP contribution < -0.4 is 0 Å². The Bertz CT molecular complexity index is 156. The summed E-state index contributed by atoms with van der Waals surface area (Å²) in [7, 11) is 2.47. The Morgan fingerprint density at radius 3 is 1.42 bits per heavy atom. The van der Waals surface area contributed by atoms with E-state index in [1.807, 2.05) is 6.92 Å². The van der Waals surface area contributed by atoms with Gasteiger partial charge in [0.25, 0.3) is 0 Å². The lowest BCUT2D eigenvalue weighted by Gasteiger charge is -2.15. The largest absolute Gasteiger partial charge is 0.382 e. The number of hydrogen-bond acceptors (Lipinski definition) is 6. The predicted octanol–water partition coefficient (Wildman–Crippen LogP) is 1.68. The van der Waals surface area contributed by atoms with Crippen molar-refractivity contribution >= 4 is 8.38 Å². The average molecular weight is 298 g/mol. The van der Waals surface area contributed by atoms with Gasteiger partial charge in [0.1, 0.15) is 0 Å². The molecule has 0 aliphatic carbocycles. The van der Waals surface area contributed by atoms with Crippen LogP contribution >= 0.6 is 8.38 Å². The molecule has 0 aromatic heterocycles. The van der Waals surface area contributed by atoms with Crippen molar-refractivity contribution in [2.75, 3.05) is 73.2 Å². The summed E-state index contributed by atoms with van der Waals surface area (Å²) in [5, 5.41) is 0. The SMILES string of the molecule is CCP(OCCOCCOC)OCCOCCOC. The molecule has 0 aliphatic rings. The number of methoxy groups -OCH3 is 2. The molecule has 0 amide bonds. The molecule has 7 heteroatoms. The van der Waals surface area contributed by atoms with Gasteiger partial charge in [-0.05, 0) is 0 Å². The predicted molar refractivity (Wildman–Crippen MR) is 74.8 cm³/mol. The van der Waals surface area contributed by atoms with Crippen LogP contribution in [0.3, 0.4) is 0 Å². The van der Waals surface area contributed by atoms with Gasteiger partial charge in [0, 0.05) is 20.4 Å². The third-order valence-corrected chi connectivity index (χ3v) is 3.51. The fourth-order valence-electron chi connectivity index (χ4n) is 1.10. The highest BCUT2D eigenvalue weighted by Gasteiger charge is 2.07. The van der Waals surface area contributed by atoms with Crippen molar-refractivity contribution in [3.8, 4) is 0 Å². The molecule has 0 saturated heterocycles. The first-order chi connectivity index (χ1) is 9.35. The van der Waals surface area contributed by atoms with Crippen molar-refractivity contribution in [3.05, 3.63) is 0 Å². The van der Waals surface area contributed by atoms with E-state index in [4.69, 9.17) is 28.0 Å². The van der Waals surface area contributed by atoms with Crippen LogP contribution in [0.1, 0.15) is 6.92 Å². The van der Waals surface area contributed by atoms with E-state index in [2.05, 4.69) is 0 Å². The molecule has 0 radical (unpaired) electrons. The van der Waals surface area contributed by atoms with Crippen LogP contribution in [-0.4, -0.2) is 73.2 Å². The lowest BCUT2D eigenvalue weighted by molar-refractivity contribution is 0.0456. The van der Waals surface area contributed by atoms with Crippen molar-refractivity contribution in [1.82, 2.24) is 0 Å². The highest BCUT2D eigenvalue weighted by Crippen LogP contribution is 2.37. The first kappa shape index (κ1) is 19.2. The molecule has 6 nitrogen and oxygen atoms in total. The van der Waals surface area contributed by atoms with Crippen LogP contribution in [0.4, 0.5) is 0 Å². The zero-order chi connectivity index (χ0) is 14.2. The van der Waals surface area contributed by atoms with Crippen molar-refractivity contribution in [1.29, 1.82) is 0 Å². The quantitative estimate of drug-likeness (QED) is 0.339. The van der Waals surface area contributed by atoms with Gasteiger partial charge in [-0.15, -0.1) is 0 Å². The zero-order valence-corrected chi connectivity index (χ0v) is 13.2. The van der Waals surface area contributed by atoms with Gasteiger partial charge in [-0.2, -0.15) is 0 Å². The van der Waals surface area contributed by atoms with Gasteiger partial charge >= 0.3 is 0 Å². The van der Waals surface area contributed by atoms with Crippen molar-refractivity contribution in [2.45, 2.75) is 6.92 Å². The molecule has 116 valence electrons. The topological polar surface area (TPSA) is 55.4 Å². The Kier molecular flexibility index (Phi) is 16.4. The van der Waals surface area contributed by atoms with E-state index in [-0.39, 0.29) is 0 Å². The second-order valence-corrected chi connectivity index (χ2v) is 5.34. The molecule has 0 rings (SSSR count). The maximum atomic E-state index is 5.60. The Morgan fingerprint density at radius 1 is 0.632 bits per heavy atom. The van der Waals surface area contributed by atoms with Crippen molar-refractivity contribution in [2.24, 2.45) is 0 Å². The zero-order valence-electron chi connectivity index (χ0n) is 12.3. The first-order valence-electron chi connectivity index (χ1n) is 6.51. The molecule has 0 saturated carbocycles. The molecule has 0 unspecified atom stereocenters. The maximum Gasteiger partial charge on any atom is 0.170 e. The van der Waals surface area contributed by atoms with E-state index >= 15 is 0 Å². The highest BCUT2D eigenvalue weighted by atomic mass is 31.2. The van der Waals surface area contributed by atoms with Crippen LogP contribution in [0, 0.1) is 0 Å². The van der Waals surface area contributed by atoms with Crippen LogP contribution in [0.5, 0.6) is 0 Å². The number of hydrogen-bond donors (Lipinski definition) is 0. The average Bonchev–Trinajstić information content (AvgIpc) is 2.44. The summed E-state index contributed by atoms with van der Waals surface area (Å²) < 4.78 is 31.6. The Balaban J connectivity index is 3.30. The third-order valence-electron chi connectivity index (χ3n) is 2.05. The Hall–Kier alpha value is 0.190. The van der Waals surface area contributed by atoms with E-state index in [9.17, 15) is 0 Å². The minimum atomic E-state index is -0.830. The fourth-order valence-corrected chi connectivity index (χ4v) is 2.10. The van der Waals surface area contributed by atoms with E-state index in [1.165, 1.54) is 0 Å². The highest BCUT2D eigenvalue weighted by molar-refractivity contribution is 7.47. The molecule has 0 aromatic rings. The number of ether oxygens (including phenoxy) is 4. The van der Waals surface area contributed by atoms with Gasteiger partial charge in [0.15, 0.2) is 8.38 Å². The number of rotatable bonds is 15. The van der Waals surface area contributed by atoms with Crippen LogP contribution in [-0.2, 0) is 28.0 Å². The van der Waals surface area contributed by atoms with E-state index in [0.717, 1.165) is 6.16 Å². The van der Waals surface area contributed by atoms with Gasteiger partial charge in [-0.1, -0.05) is 6.92 Å². The molecule has 0 bridgehead atoms. The van der Waals surface area contributed by atoms with Gasteiger partial charge in [-0.3, -0.25) is 0 Å². The van der Waals surface area contributed by atoms with Gasteiger partial charge in [0.05, 0.1) is 52.9 Å². The summed E-state index contributed by atoms with van der Waals surface area (Å²) in [5.74, 6) is 0. The standard InChI is InChI=1S/C12H27O6P/c1-4-19(17-11-9-15-7-5-13-2)18-12-10-16-8-6-14-3/h4-12H2,1-3H3. The lowest BCUT2D eigenvalue weighted by atomic mass is 10.7. The summed E-state index contributed by atoms with van der Waals surface area (Å²) in [4.78, 5) is 0. The third kappa shape index (κ3) is 14.4. The molecule has 0 atom stereocenters. The molecule has 0 heterocycles. The second kappa shape index (κ2) is 16.2. The smallest absolute Gasteiger partial charge is 0.170 e. The molecule has 0 aromatic carbocycles. The minimum Gasteiger partial charge on any atom is -0.382 e. The minimum absolute atomic E-state index is 0.549. The Labute approximate surface area is 117 Å². The summed E-state index contributed by atoms with van der Waals surface area (Å²) in [6, 6.07) is 0. The first-order valence-corrected chi connectivity index (χ1v) is 7.88. The van der Waals surface area contributed by atoms with Crippen molar-refractivity contribution in [3.63, 3.8) is 0 Å². The molecule has 0 spiro atoms. The van der Waals surface area contributed by atoms with Crippen LogP contribution in [0.25, 0.3) is 0 Å². The maximum absolute atomic E-state index is 5.60. The van der Waals surface area contributed by atoms with Crippen LogP contribution in [0.2, 0.25) is 0 Å². The van der Waals surface area contributed by atoms with Crippen molar-refractivity contribution < 1.29 is 28.0 Å². The monoisotopic (exact) mass is 298 g/mol. The normalized spacial score (nSPS) is 11.4. The van der Waals surface area contributed by atoms with E-state index in [1.54, 1.807) is 14.2 Å². The fraction of sp³-hybridized carbons (Fsp3) is 1.00. The van der Waals surface area contributed by atoms with E-state index in [0.29, 0.717) is 52.9 Å². The summed E-state index contributed by atoms with van der Waals surface area (Å²) in [6.07, 6.45) is 0.867. The van der Waals surface area contributed by atoms with Gasteiger partial charge in [0.2, 0.25) is 0 Å². The molecule has 19 heavy (non-hydrogen) atoms. The summed E-state index contributed by atoms with van der Waals surface area (Å²) in [6.45, 7) is 6.68. The molecular formula is C12H27O6P. The summed E-state index contributed by atoms with van der Waals surface area (Å²) >= 11 is 0. The lowest BCUT2D eigenvalue weighted by Crippen LogP contribution is -2.09. The Morgan fingerprint density at radius 2 is 1.05 bits per heavy atom. The molecular weight excluding hydrogens is 271 g/mol. The summed E-state index contributed by atoms with van der Waals surface area (Å²) in [5.41, 5.74) is 0. The van der Waals surface area contributed by atoms with Crippen LogP contribution in [0.15, 0.2) is 0 Å². The van der Waals surface area contributed by atoms with Gasteiger partial charge in [-0.25, -0.2) is 0 Å². The molecule has 0 fully saturated rings. The van der Waals surface area contributed by atoms with E-state index < -0.39 is 8.38 Å². The molecule has 0 N–H and O–H groups in total. The second-order valence-electron chi connectivity index (χ2n) is 3.53.